The molecule has 0 aliphatic heterocycles. The van der Waals surface area contributed by atoms with Gasteiger partial charge in [-0.15, -0.1) is 0 Å². The second-order valence-corrected chi connectivity index (χ2v) is 3.72. The summed E-state index contributed by atoms with van der Waals surface area (Å²) >= 11 is 0. The van der Waals surface area contributed by atoms with Crippen LogP contribution < -0.4 is 5.32 Å². The van der Waals surface area contributed by atoms with Crippen molar-refractivity contribution in [3.05, 3.63) is 34.1 Å². The van der Waals surface area contributed by atoms with Crippen molar-refractivity contribution in [3.63, 3.8) is 0 Å². The first-order chi connectivity index (χ1) is 8.06. The number of hydrogen-bond acceptors (Lipinski definition) is 4. The van der Waals surface area contributed by atoms with Gasteiger partial charge in [-0.05, 0) is 25.7 Å². The summed E-state index contributed by atoms with van der Waals surface area (Å²) in [5.41, 5.74) is -0.272. The summed E-state index contributed by atoms with van der Waals surface area (Å²) in [6.45, 7) is 4.19. The van der Waals surface area contributed by atoms with Crippen molar-refractivity contribution in [2.75, 3.05) is 32.0 Å². The molecule has 94 valence electrons. The number of nitrogens with one attached hydrogen (secondary N) is 1. The third kappa shape index (κ3) is 3.67. The van der Waals surface area contributed by atoms with Crippen LogP contribution in [0.1, 0.15) is 6.92 Å². The van der Waals surface area contributed by atoms with Gasteiger partial charge in [0.25, 0.3) is 0 Å². The number of benzene rings is 1. The van der Waals surface area contributed by atoms with Gasteiger partial charge in [-0.25, -0.2) is 0 Å². The largest absolute Gasteiger partial charge is 0.378 e. The first kappa shape index (κ1) is 13.4. The lowest BCUT2D eigenvalue weighted by Gasteiger charge is -2.14. The van der Waals surface area contributed by atoms with Crippen molar-refractivity contribution in [3.8, 4) is 0 Å². The highest BCUT2D eigenvalue weighted by Crippen LogP contribution is 2.26. The Bertz CT molecular complexity index is 398. The van der Waals surface area contributed by atoms with Gasteiger partial charge in [0.1, 0.15) is 5.69 Å². The van der Waals surface area contributed by atoms with Gasteiger partial charge in [-0.3, -0.25) is 10.1 Å². The van der Waals surface area contributed by atoms with Gasteiger partial charge < -0.3 is 10.2 Å². The molecule has 1 aromatic rings. The van der Waals surface area contributed by atoms with E-state index in [1.807, 2.05) is 14.0 Å². The van der Waals surface area contributed by atoms with Gasteiger partial charge in [0, 0.05) is 13.1 Å². The summed E-state index contributed by atoms with van der Waals surface area (Å²) in [7, 11) is 1.95. The maximum Gasteiger partial charge on any atom is 0.327 e. The van der Waals surface area contributed by atoms with E-state index in [1.165, 1.54) is 12.1 Å². The Kier molecular flexibility index (Phi) is 4.84. The second kappa shape index (κ2) is 6.15. The van der Waals surface area contributed by atoms with Crippen LogP contribution in [0.5, 0.6) is 0 Å². The molecule has 0 saturated heterocycles. The molecule has 0 unspecified atom stereocenters. The fraction of sp³-hybridized carbons (Fsp3) is 0.455. The summed E-state index contributed by atoms with van der Waals surface area (Å²) in [5.74, 6) is -0.816. The number of nitrogens with zero attached hydrogens (tertiary/aromatic N) is 2. The zero-order valence-corrected chi connectivity index (χ0v) is 9.94. The first-order valence-corrected chi connectivity index (χ1v) is 5.41. The zero-order valence-electron chi connectivity index (χ0n) is 9.94. The van der Waals surface area contributed by atoms with E-state index in [-0.39, 0.29) is 5.69 Å². The van der Waals surface area contributed by atoms with Gasteiger partial charge >= 0.3 is 5.69 Å². The van der Waals surface area contributed by atoms with Crippen LogP contribution in [0.4, 0.5) is 15.8 Å². The Morgan fingerprint density at radius 3 is 2.82 bits per heavy atom. The highest BCUT2D eigenvalue weighted by molar-refractivity contribution is 5.61. The maximum atomic E-state index is 13.3. The molecule has 0 heterocycles. The normalized spacial score (nSPS) is 10.6. The highest BCUT2D eigenvalue weighted by Gasteiger charge is 2.19. The Hall–Kier alpha value is -1.69. The number of rotatable bonds is 6. The topological polar surface area (TPSA) is 58.4 Å². The SMILES string of the molecule is CCN(C)CCNc1cccc(F)c1[N+](=O)[O-]. The lowest BCUT2D eigenvalue weighted by atomic mass is 10.2. The van der Waals surface area contributed by atoms with Gasteiger partial charge in [0.15, 0.2) is 0 Å². The van der Waals surface area contributed by atoms with E-state index in [1.54, 1.807) is 0 Å². The standard InChI is InChI=1S/C11H16FN3O2/c1-3-14(2)8-7-13-10-6-4-5-9(12)11(10)15(16)17/h4-6,13H,3,7-8H2,1-2H3. The van der Waals surface area contributed by atoms with Crippen molar-refractivity contribution in [1.29, 1.82) is 0 Å². The fourth-order valence-corrected chi connectivity index (χ4v) is 1.38. The number of anilines is 1. The van der Waals surface area contributed by atoms with Crippen LogP contribution in [0.3, 0.4) is 0 Å². The Morgan fingerprint density at radius 1 is 1.53 bits per heavy atom. The van der Waals surface area contributed by atoms with E-state index >= 15 is 0 Å². The molecule has 1 aromatic carbocycles. The van der Waals surface area contributed by atoms with Gasteiger partial charge in [-0.1, -0.05) is 13.0 Å². The number of hydrogen-bond donors (Lipinski definition) is 1. The summed E-state index contributed by atoms with van der Waals surface area (Å²) in [5, 5.41) is 13.6. The molecule has 0 fully saturated rings. The molecular formula is C11H16FN3O2. The second-order valence-electron chi connectivity index (χ2n) is 3.72. The van der Waals surface area contributed by atoms with Crippen molar-refractivity contribution in [2.45, 2.75) is 6.92 Å². The summed E-state index contributed by atoms with van der Waals surface area (Å²) in [6.07, 6.45) is 0. The number of para-hydroxylation sites is 1. The third-order valence-electron chi connectivity index (χ3n) is 2.52. The summed E-state index contributed by atoms with van der Waals surface area (Å²) < 4.78 is 13.3. The van der Waals surface area contributed by atoms with E-state index in [4.69, 9.17) is 0 Å². The minimum absolute atomic E-state index is 0.222. The number of likely N-dealkylation sites (N-methyl/N-ethyl adjacent to an activating group) is 1. The molecule has 0 aliphatic rings. The molecule has 1 rings (SSSR count). The smallest absolute Gasteiger partial charge is 0.327 e. The van der Waals surface area contributed by atoms with Crippen LogP contribution in [-0.4, -0.2) is 36.5 Å². The lowest BCUT2D eigenvalue weighted by Crippen LogP contribution is -2.24. The zero-order chi connectivity index (χ0) is 12.8. The molecule has 1 N–H and O–H groups in total. The van der Waals surface area contributed by atoms with Crippen LogP contribution in [0.15, 0.2) is 18.2 Å². The van der Waals surface area contributed by atoms with E-state index in [0.717, 1.165) is 19.2 Å². The van der Waals surface area contributed by atoms with Crippen LogP contribution in [0, 0.1) is 15.9 Å². The molecule has 6 heteroatoms. The Balaban J connectivity index is 2.71. The van der Waals surface area contributed by atoms with Crippen molar-refractivity contribution < 1.29 is 9.31 Å². The molecule has 0 spiro atoms. The van der Waals surface area contributed by atoms with Gasteiger partial charge in [0.2, 0.25) is 5.82 Å². The molecule has 0 aromatic heterocycles. The fourth-order valence-electron chi connectivity index (χ4n) is 1.38. The van der Waals surface area contributed by atoms with Crippen LogP contribution >= 0.6 is 0 Å². The average molecular weight is 241 g/mol. The highest BCUT2D eigenvalue weighted by atomic mass is 19.1. The third-order valence-corrected chi connectivity index (χ3v) is 2.52. The van der Waals surface area contributed by atoms with Crippen LogP contribution in [-0.2, 0) is 0 Å². The average Bonchev–Trinajstić information content (AvgIpc) is 2.28. The Morgan fingerprint density at radius 2 is 2.24 bits per heavy atom. The molecule has 0 bridgehead atoms. The van der Waals surface area contributed by atoms with Gasteiger partial charge in [0.05, 0.1) is 4.92 Å². The van der Waals surface area contributed by atoms with E-state index in [9.17, 15) is 14.5 Å². The molecule has 0 amide bonds. The van der Waals surface area contributed by atoms with Crippen LogP contribution in [0.25, 0.3) is 0 Å². The Labute approximate surface area is 99.4 Å². The molecular weight excluding hydrogens is 225 g/mol. The number of nitro groups is 1. The molecule has 0 radical (unpaired) electrons. The molecule has 5 nitrogen and oxygen atoms in total. The lowest BCUT2D eigenvalue weighted by molar-refractivity contribution is -0.386. The van der Waals surface area contributed by atoms with E-state index in [0.29, 0.717) is 6.54 Å². The number of nitro benzene ring substituents is 1. The predicted molar refractivity (Wildman–Crippen MR) is 64.7 cm³/mol. The summed E-state index contributed by atoms with van der Waals surface area (Å²) in [4.78, 5) is 12.1. The number of halogens is 1. The van der Waals surface area contributed by atoms with Crippen LogP contribution in [0.2, 0.25) is 0 Å². The van der Waals surface area contributed by atoms with E-state index in [2.05, 4.69) is 10.2 Å². The predicted octanol–water partition coefficient (Wildman–Crippen LogP) is 2.10. The van der Waals surface area contributed by atoms with Crippen molar-refractivity contribution >= 4 is 11.4 Å². The first-order valence-electron chi connectivity index (χ1n) is 5.41. The molecule has 0 atom stereocenters. The molecule has 0 saturated carbocycles. The molecule has 17 heavy (non-hydrogen) atoms. The summed E-state index contributed by atoms with van der Waals surface area (Å²) in [6, 6.07) is 4.04. The quantitative estimate of drug-likeness (QED) is 0.612. The monoisotopic (exact) mass is 241 g/mol. The maximum absolute atomic E-state index is 13.3. The minimum Gasteiger partial charge on any atom is -0.378 e. The van der Waals surface area contributed by atoms with Crippen molar-refractivity contribution in [1.82, 2.24) is 4.90 Å². The molecule has 0 aliphatic carbocycles. The van der Waals surface area contributed by atoms with Crippen molar-refractivity contribution in [2.24, 2.45) is 0 Å². The van der Waals surface area contributed by atoms with E-state index < -0.39 is 16.4 Å². The minimum atomic E-state index is -0.816. The van der Waals surface area contributed by atoms with Gasteiger partial charge in [-0.2, -0.15) is 4.39 Å².